The Bertz CT molecular complexity index is 770. The summed E-state index contributed by atoms with van der Waals surface area (Å²) in [5.74, 6) is -2.25. The molecule has 196 valence electrons. The van der Waals surface area contributed by atoms with Gasteiger partial charge in [-0.3, -0.25) is 0 Å². The van der Waals surface area contributed by atoms with Crippen molar-refractivity contribution in [3.05, 3.63) is 35.4 Å². The van der Waals surface area contributed by atoms with Crippen molar-refractivity contribution in [2.45, 2.75) is 52.1 Å². The molecule has 8 nitrogen and oxygen atoms in total. The number of rotatable bonds is 8. The third-order valence-electron chi connectivity index (χ3n) is 7.07. The zero-order valence-corrected chi connectivity index (χ0v) is 25.8. The van der Waals surface area contributed by atoms with Crippen molar-refractivity contribution in [3.63, 3.8) is 0 Å². The van der Waals surface area contributed by atoms with Gasteiger partial charge in [0.1, 0.15) is 13.2 Å². The van der Waals surface area contributed by atoms with Crippen LogP contribution >= 0.6 is 48.0 Å². The fourth-order valence-corrected chi connectivity index (χ4v) is 3.76. The molecule has 1 heterocycles. The quantitative estimate of drug-likeness (QED) is 0.237. The van der Waals surface area contributed by atoms with E-state index in [0.717, 1.165) is 47.5 Å². The molecule has 1 saturated heterocycles. The molecule has 2 unspecified atom stereocenters. The lowest BCUT2D eigenvalue weighted by atomic mass is 9.94. The highest BCUT2D eigenvalue weighted by Crippen LogP contribution is 2.28. The Balaban J connectivity index is 0. The number of carbonyl (C=O) groups excluding carboxylic acids is 1. The number of hydrogen-bond acceptors (Lipinski definition) is 4. The highest BCUT2D eigenvalue weighted by Gasteiger charge is 2.42. The monoisotopic (exact) mass is 708 g/mol. The van der Waals surface area contributed by atoms with Gasteiger partial charge in [-0.05, 0) is 51.8 Å². The minimum Gasteiger partial charge on any atom is -0.478 e. The van der Waals surface area contributed by atoms with Gasteiger partial charge in [0, 0.05) is 6.42 Å². The van der Waals surface area contributed by atoms with Crippen LogP contribution in [0, 0.1) is 0 Å². The molecule has 34 heavy (non-hydrogen) atoms. The molecule has 2 rings (SSSR count). The molecule has 1 aromatic carbocycles. The lowest BCUT2D eigenvalue weighted by molar-refractivity contribution is -0.934. The zero-order valence-electron chi connectivity index (χ0n) is 21.2. The average Bonchev–Trinajstić information content (AvgIpc) is 2.75. The third-order valence-corrected chi connectivity index (χ3v) is 7.07. The van der Waals surface area contributed by atoms with Gasteiger partial charge in [0.15, 0.2) is 6.04 Å². The number of likely N-dealkylation sites (tertiary alicyclic amines) is 1. The van der Waals surface area contributed by atoms with Gasteiger partial charge in [-0.25, -0.2) is 14.4 Å². The largest absolute Gasteiger partial charge is 0.478 e. The first-order valence-corrected chi connectivity index (χ1v) is 11.3. The van der Waals surface area contributed by atoms with E-state index in [9.17, 15) is 14.4 Å². The molecule has 1 aliphatic heterocycles. The Morgan fingerprint density at radius 3 is 1.97 bits per heavy atom. The van der Waals surface area contributed by atoms with Crippen molar-refractivity contribution in [2.24, 2.45) is 0 Å². The molecule has 1 aromatic rings. The van der Waals surface area contributed by atoms with Crippen molar-refractivity contribution in [1.29, 1.82) is 0 Å². The molecule has 0 bridgehead atoms. The smallest absolute Gasteiger partial charge is 0.365 e. The van der Waals surface area contributed by atoms with E-state index in [2.05, 4.69) is 41.9 Å². The fourth-order valence-electron chi connectivity index (χ4n) is 3.76. The Hall–Kier alpha value is -0.990. The SMILES string of the molecule is CC[N+](C)(CC)CCOC(=O)C1CCCC(C)[N+]1(C)C.I.I.O=C(O)c1cccc(C(=O)O)c1. The summed E-state index contributed by atoms with van der Waals surface area (Å²) in [5.41, 5.74) is -0.0372. The number of piperidine rings is 1. The van der Waals surface area contributed by atoms with Gasteiger partial charge < -0.3 is 23.9 Å². The van der Waals surface area contributed by atoms with Crippen molar-refractivity contribution in [2.75, 3.05) is 47.4 Å². The van der Waals surface area contributed by atoms with E-state index in [1.807, 2.05) is 0 Å². The number of esters is 1. The summed E-state index contributed by atoms with van der Waals surface area (Å²) in [7, 11) is 6.54. The number of quaternary nitrogens is 2. The van der Waals surface area contributed by atoms with Crippen LogP contribution in [-0.4, -0.2) is 96.6 Å². The summed E-state index contributed by atoms with van der Waals surface area (Å²) in [6.45, 7) is 10.2. The second-order valence-electron chi connectivity index (χ2n) is 9.26. The van der Waals surface area contributed by atoms with E-state index in [-0.39, 0.29) is 71.1 Å². The molecule has 0 spiro atoms. The Morgan fingerprint density at radius 1 is 1.03 bits per heavy atom. The molecule has 2 atom stereocenters. The van der Waals surface area contributed by atoms with E-state index >= 15 is 0 Å². The molecule has 0 radical (unpaired) electrons. The van der Waals surface area contributed by atoms with E-state index < -0.39 is 11.9 Å². The number of aromatic carboxylic acids is 2. The van der Waals surface area contributed by atoms with Crippen LogP contribution in [0.4, 0.5) is 0 Å². The molecule has 1 aliphatic rings. The number of carboxylic acid groups (broad SMARTS) is 2. The first-order valence-electron chi connectivity index (χ1n) is 11.3. The maximum absolute atomic E-state index is 12.4. The Kier molecular flexibility index (Phi) is 16.4. The Morgan fingerprint density at radius 2 is 1.53 bits per heavy atom. The molecular formula is C24H42I2N2O6+2. The minimum absolute atomic E-state index is 0. The van der Waals surface area contributed by atoms with Gasteiger partial charge >= 0.3 is 17.9 Å². The predicted molar refractivity (Wildman–Crippen MR) is 153 cm³/mol. The number of halogens is 2. The molecule has 2 N–H and O–H groups in total. The lowest BCUT2D eigenvalue weighted by Crippen LogP contribution is -2.60. The molecular weight excluding hydrogens is 666 g/mol. The number of carboxylic acids is 2. The van der Waals surface area contributed by atoms with Gasteiger partial charge in [-0.15, -0.1) is 48.0 Å². The summed E-state index contributed by atoms with van der Waals surface area (Å²) < 4.78 is 7.33. The molecule has 0 aromatic heterocycles. The predicted octanol–water partition coefficient (Wildman–Crippen LogP) is 4.35. The highest BCUT2D eigenvalue weighted by molar-refractivity contribution is 14.0. The van der Waals surface area contributed by atoms with E-state index in [0.29, 0.717) is 12.6 Å². The van der Waals surface area contributed by atoms with Crippen LogP contribution < -0.4 is 0 Å². The van der Waals surface area contributed by atoms with Crippen LogP contribution in [0.25, 0.3) is 0 Å². The van der Waals surface area contributed by atoms with Gasteiger partial charge in [-0.1, -0.05) is 6.07 Å². The van der Waals surface area contributed by atoms with E-state index in [1.165, 1.54) is 24.6 Å². The second kappa shape index (κ2) is 15.9. The number of nitrogens with zero attached hydrogens (tertiary/aromatic N) is 2. The third kappa shape index (κ3) is 10.3. The van der Waals surface area contributed by atoms with Crippen molar-refractivity contribution >= 4 is 65.9 Å². The van der Waals surface area contributed by atoms with Crippen LogP contribution in [0.5, 0.6) is 0 Å². The van der Waals surface area contributed by atoms with Crippen LogP contribution in [0.15, 0.2) is 24.3 Å². The van der Waals surface area contributed by atoms with Gasteiger partial charge in [0.05, 0.1) is 51.4 Å². The highest BCUT2D eigenvalue weighted by atomic mass is 127. The first-order chi connectivity index (χ1) is 14.9. The minimum atomic E-state index is -1.13. The van der Waals surface area contributed by atoms with Crippen LogP contribution in [0.3, 0.4) is 0 Å². The van der Waals surface area contributed by atoms with Crippen LogP contribution in [0.1, 0.15) is 60.7 Å². The summed E-state index contributed by atoms with van der Waals surface area (Å²) in [6, 6.07) is 5.75. The Labute approximate surface area is 237 Å². The van der Waals surface area contributed by atoms with E-state index in [4.69, 9.17) is 14.9 Å². The second-order valence-corrected chi connectivity index (χ2v) is 9.26. The summed E-state index contributed by atoms with van der Waals surface area (Å²) in [4.78, 5) is 33.1. The summed E-state index contributed by atoms with van der Waals surface area (Å²) in [6.07, 6.45) is 3.31. The first kappa shape index (κ1) is 35.2. The van der Waals surface area contributed by atoms with Crippen molar-refractivity contribution < 1.29 is 38.3 Å². The fraction of sp³-hybridized carbons (Fsp3) is 0.625. The maximum atomic E-state index is 12.4. The van der Waals surface area contributed by atoms with Crippen LogP contribution in [-0.2, 0) is 9.53 Å². The van der Waals surface area contributed by atoms with Gasteiger partial charge in [0.25, 0.3) is 0 Å². The number of hydrogen-bond donors (Lipinski definition) is 2. The number of benzene rings is 1. The van der Waals surface area contributed by atoms with Gasteiger partial charge in [0.2, 0.25) is 0 Å². The number of ether oxygens (including phenoxy) is 1. The molecule has 0 saturated carbocycles. The lowest BCUT2D eigenvalue weighted by Gasteiger charge is -2.45. The normalized spacial score (nSPS) is 18.8. The molecule has 1 fully saturated rings. The van der Waals surface area contributed by atoms with Crippen molar-refractivity contribution in [3.8, 4) is 0 Å². The number of likely N-dealkylation sites (N-methyl/N-ethyl adjacent to an activating group) is 2. The summed E-state index contributed by atoms with van der Waals surface area (Å²) in [5, 5.41) is 17.0. The maximum Gasteiger partial charge on any atom is 0.365 e. The average molecular weight is 708 g/mol. The molecule has 10 heteroatoms. The molecule has 0 aliphatic carbocycles. The zero-order chi connectivity index (χ0) is 24.5. The van der Waals surface area contributed by atoms with Crippen LogP contribution in [0.2, 0.25) is 0 Å². The van der Waals surface area contributed by atoms with E-state index in [1.54, 1.807) is 0 Å². The topological polar surface area (TPSA) is 101 Å². The summed E-state index contributed by atoms with van der Waals surface area (Å²) >= 11 is 0. The van der Waals surface area contributed by atoms with Gasteiger partial charge in [-0.2, -0.15) is 0 Å². The molecule has 0 amide bonds. The number of carbonyl (C=O) groups is 3. The van der Waals surface area contributed by atoms with Crippen molar-refractivity contribution in [1.82, 2.24) is 0 Å². The standard InChI is InChI=1S/C16H34N2O2.C8H6O4.2HI/c1-7-18(6,8-2)12-13-20-16(19)15-11-9-10-14(3)17(15,4)5;9-7(10)5-2-1-3-6(4-5)8(11)12;;/h14-15H,7-13H2,1-6H3;1-4H,(H,9,10)(H,11,12);2*1H/q+2;;;.